The van der Waals surface area contributed by atoms with E-state index in [1.165, 1.54) is 6.20 Å². The second kappa shape index (κ2) is 6.54. The Morgan fingerprint density at radius 1 is 1.50 bits per heavy atom. The molecule has 1 unspecified atom stereocenters. The van der Waals surface area contributed by atoms with Crippen LogP contribution in [-0.2, 0) is 10.3 Å². The van der Waals surface area contributed by atoms with Crippen LogP contribution in [-0.4, -0.2) is 26.7 Å². The minimum absolute atomic E-state index is 0.0888. The van der Waals surface area contributed by atoms with Gasteiger partial charge in [0.05, 0.1) is 0 Å². The van der Waals surface area contributed by atoms with Gasteiger partial charge in [-0.25, -0.2) is 9.78 Å². The van der Waals surface area contributed by atoms with E-state index in [0.717, 1.165) is 12.8 Å². The van der Waals surface area contributed by atoms with Gasteiger partial charge in [0.15, 0.2) is 5.82 Å². The van der Waals surface area contributed by atoms with E-state index in [-0.39, 0.29) is 16.9 Å². The molecule has 0 bridgehead atoms. The third-order valence-corrected chi connectivity index (χ3v) is 3.02. The van der Waals surface area contributed by atoms with E-state index in [2.05, 4.69) is 10.3 Å². The smallest absolute Gasteiger partial charge is 0.326 e. The van der Waals surface area contributed by atoms with E-state index in [1.807, 2.05) is 27.7 Å². The minimum Gasteiger partial charge on any atom is -0.480 e. The topological polar surface area (TPSA) is 84.2 Å². The van der Waals surface area contributed by atoms with Crippen molar-refractivity contribution in [3.63, 3.8) is 0 Å². The number of carboxylic acid groups (broad SMARTS) is 1. The monoisotopic (exact) mass is 281 g/mol. The van der Waals surface area contributed by atoms with Crippen LogP contribution in [0, 0.1) is 0 Å². The first-order chi connectivity index (χ1) is 9.27. The third-order valence-electron chi connectivity index (χ3n) is 3.02. The first-order valence-corrected chi connectivity index (χ1v) is 6.85. The molecule has 0 spiro atoms. The Bertz CT molecular complexity index is 517. The number of hydrogen-bond acceptors (Lipinski definition) is 4. The molecular weight excluding hydrogens is 258 g/mol. The summed E-state index contributed by atoms with van der Waals surface area (Å²) < 4.78 is 1.54. The molecule has 0 radical (unpaired) electrons. The quantitative estimate of drug-likeness (QED) is 0.833. The highest BCUT2D eigenvalue weighted by molar-refractivity contribution is 5.76. The number of carbonyl (C=O) groups is 1. The van der Waals surface area contributed by atoms with Gasteiger partial charge in [0, 0.05) is 17.9 Å². The maximum Gasteiger partial charge on any atom is 0.326 e. The van der Waals surface area contributed by atoms with Gasteiger partial charge in [-0.05, 0) is 27.2 Å². The van der Waals surface area contributed by atoms with Crippen molar-refractivity contribution in [1.29, 1.82) is 0 Å². The van der Waals surface area contributed by atoms with Gasteiger partial charge in [-0.15, -0.1) is 0 Å². The molecule has 0 aliphatic rings. The van der Waals surface area contributed by atoms with Crippen molar-refractivity contribution < 1.29 is 9.90 Å². The van der Waals surface area contributed by atoms with E-state index in [9.17, 15) is 14.7 Å². The molecule has 1 atom stereocenters. The van der Waals surface area contributed by atoms with E-state index in [4.69, 9.17) is 0 Å². The van der Waals surface area contributed by atoms with Crippen LogP contribution in [0.2, 0.25) is 0 Å². The maximum atomic E-state index is 12.3. The molecule has 0 amide bonds. The number of aromatic nitrogens is 2. The molecule has 0 aromatic carbocycles. The van der Waals surface area contributed by atoms with Gasteiger partial charge in [0.2, 0.25) is 0 Å². The molecule has 20 heavy (non-hydrogen) atoms. The van der Waals surface area contributed by atoms with Gasteiger partial charge < -0.3 is 15.0 Å². The summed E-state index contributed by atoms with van der Waals surface area (Å²) in [5.41, 5.74) is -0.679. The number of carboxylic acids is 1. The number of aliphatic carboxylic acids is 1. The second-order valence-electron chi connectivity index (χ2n) is 5.80. The first kappa shape index (κ1) is 16.2. The Kier molecular flexibility index (Phi) is 5.30. The molecular formula is C14H23N3O3. The van der Waals surface area contributed by atoms with E-state index in [1.54, 1.807) is 10.8 Å². The Balaban J connectivity index is 3.02. The fourth-order valence-electron chi connectivity index (χ4n) is 1.87. The summed E-state index contributed by atoms with van der Waals surface area (Å²) in [5.74, 6) is -0.878. The molecule has 0 fully saturated rings. The minimum atomic E-state index is -0.967. The molecule has 0 saturated carbocycles. The first-order valence-electron chi connectivity index (χ1n) is 6.85. The van der Waals surface area contributed by atoms with E-state index < -0.39 is 12.0 Å². The van der Waals surface area contributed by atoms with Gasteiger partial charge in [-0.2, -0.15) is 0 Å². The summed E-state index contributed by atoms with van der Waals surface area (Å²) in [6.45, 7) is 7.71. The lowest BCUT2D eigenvalue weighted by Crippen LogP contribution is -2.38. The van der Waals surface area contributed by atoms with Crippen molar-refractivity contribution in [1.82, 2.24) is 9.55 Å². The summed E-state index contributed by atoms with van der Waals surface area (Å²) in [4.78, 5) is 27.5. The van der Waals surface area contributed by atoms with Crippen LogP contribution in [0.4, 0.5) is 5.82 Å². The summed E-state index contributed by atoms with van der Waals surface area (Å²) >= 11 is 0. The number of unbranched alkanes of at least 4 members (excludes halogenated alkanes) is 1. The van der Waals surface area contributed by atoms with Gasteiger partial charge in [0.25, 0.3) is 5.56 Å². The molecule has 0 aliphatic heterocycles. The van der Waals surface area contributed by atoms with Crippen molar-refractivity contribution in [2.24, 2.45) is 0 Å². The average molecular weight is 281 g/mol. The number of nitrogens with one attached hydrogen (secondary N) is 1. The summed E-state index contributed by atoms with van der Waals surface area (Å²) in [6, 6.07) is -0.786. The number of anilines is 1. The fraction of sp³-hybridized carbons (Fsp3) is 0.643. The second-order valence-corrected chi connectivity index (χ2v) is 5.80. The summed E-state index contributed by atoms with van der Waals surface area (Å²) in [6.07, 6.45) is 5.27. The fourth-order valence-corrected chi connectivity index (χ4v) is 1.87. The Hall–Kier alpha value is -1.85. The molecule has 1 aromatic heterocycles. The number of rotatable bonds is 6. The van der Waals surface area contributed by atoms with Crippen LogP contribution in [0.15, 0.2) is 17.2 Å². The zero-order valence-electron chi connectivity index (χ0n) is 12.5. The Labute approximate surface area is 118 Å². The van der Waals surface area contributed by atoms with Crippen molar-refractivity contribution in [3.05, 3.63) is 22.7 Å². The highest BCUT2D eigenvalue weighted by Crippen LogP contribution is 2.12. The zero-order valence-corrected chi connectivity index (χ0v) is 12.5. The normalized spacial score (nSPS) is 13.0. The van der Waals surface area contributed by atoms with E-state index >= 15 is 0 Å². The van der Waals surface area contributed by atoms with Crippen LogP contribution < -0.4 is 10.9 Å². The summed E-state index contributed by atoms with van der Waals surface area (Å²) in [5, 5.41) is 11.9. The Morgan fingerprint density at radius 2 is 2.15 bits per heavy atom. The third kappa shape index (κ3) is 4.08. The van der Waals surface area contributed by atoms with Gasteiger partial charge >= 0.3 is 5.97 Å². The zero-order chi connectivity index (χ0) is 15.3. The van der Waals surface area contributed by atoms with Crippen LogP contribution in [0.5, 0.6) is 0 Å². The van der Waals surface area contributed by atoms with Crippen molar-refractivity contribution in [2.45, 2.75) is 58.5 Å². The van der Waals surface area contributed by atoms with Gasteiger partial charge in [0.1, 0.15) is 6.04 Å². The molecule has 1 aromatic rings. The Morgan fingerprint density at radius 3 is 2.65 bits per heavy atom. The van der Waals surface area contributed by atoms with Crippen LogP contribution in [0.1, 0.15) is 47.0 Å². The highest BCUT2D eigenvalue weighted by atomic mass is 16.4. The standard InChI is InChI=1S/C14H23N3O3/c1-5-6-7-10(13(19)20)16-11-12(18)17(9-8-15-11)14(2,3)4/h8-10H,5-7H2,1-4H3,(H,15,16)(H,19,20). The number of nitrogens with zero attached hydrogens (tertiary/aromatic N) is 2. The molecule has 2 N–H and O–H groups in total. The summed E-state index contributed by atoms with van der Waals surface area (Å²) in [7, 11) is 0. The van der Waals surface area contributed by atoms with Crippen molar-refractivity contribution >= 4 is 11.8 Å². The molecule has 0 saturated heterocycles. The molecule has 1 heterocycles. The maximum absolute atomic E-state index is 12.3. The molecule has 6 nitrogen and oxygen atoms in total. The average Bonchev–Trinajstić information content (AvgIpc) is 2.34. The van der Waals surface area contributed by atoms with Crippen LogP contribution in [0.3, 0.4) is 0 Å². The van der Waals surface area contributed by atoms with Crippen LogP contribution in [0.25, 0.3) is 0 Å². The lowest BCUT2D eigenvalue weighted by molar-refractivity contribution is -0.138. The van der Waals surface area contributed by atoms with Crippen molar-refractivity contribution in [2.75, 3.05) is 5.32 Å². The highest BCUT2D eigenvalue weighted by Gasteiger charge is 2.21. The molecule has 0 aliphatic carbocycles. The molecule has 112 valence electrons. The van der Waals surface area contributed by atoms with E-state index in [0.29, 0.717) is 6.42 Å². The van der Waals surface area contributed by atoms with Gasteiger partial charge in [-0.1, -0.05) is 19.8 Å². The van der Waals surface area contributed by atoms with Crippen molar-refractivity contribution in [3.8, 4) is 0 Å². The predicted molar refractivity (Wildman–Crippen MR) is 78.1 cm³/mol. The number of hydrogen-bond donors (Lipinski definition) is 2. The predicted octanol–water partition coefficient (Wildman–Crippen LogP) is 2.05. The lowest BCUT2D eigenvalue weighted by atomic mass is 10.1. The molecule has 1 rings (SSSR count). The van der Waals surface area contributed by atoms with Crippen LogP contribution >= 0.6 is 0 Å². The lowest BCUT2D eigenvalue weighted by Gasteiger charge is -2.23. The van der Waals surface area contributed by atoms with Gasteiger partial charge in [-0.3, -0.25) is 4.79 Å². The SMILES string of the molecule is CCCCC(Nc1nccn(C(C)(C)C)c1=O)C(=O)O. The largest absolute Gasteiger partial charge is 0.480 e. The molecule has 6 heteroatoms.